The van der Waals surface area contributed by atoms with Crippen molar-refractivity contribution >= 4 is 11.6 Å². The number of hydrogen-bond acceptors (Lipinski definition) is 11. The van der Waals surface area contributed by atoms with Crippen LogP contribution in [0.25, 0.3) is 11.1 Å². The minimum absolute atomic E-state index is 0.0791. The van der Waals surface area contributed by atoms with Crippen molar-refractivity contribution in [3.63, 3.8) is 0 Å². The number of nitrogens with one attached hydrogen (secondary N) is 1. The summed E-state index contributed by atoms with van der Waals surface area (Å²) in [6.45, 7) is 8.68. The van der Waals surface area contributed by atoms with E-state index in [1.807, 2.05) is 29.9 Å². The third kappa shape index (κ3) is 6.82. The van der Waals surface area contributed by atoms with Crippen molar-refractivity contribution in [2.75, 3.05) is 18.4 Å². The number of nitrogens with zero attached hydrogens (tertiary/aromatic N) is 9. The van der Waals surface area contributed by atoms with Gasteiger partial charge >= 0.3 is 0 Å². The molecule has 1 aliphatic carbocycles. The van der Waals surface area contributed by atoms with Gasteiger partial charge in [-0.15, -0.1) is 5.10 Å². The lowest BCUT2D eigenvalue weighted by Gasteiger charge is -2.42. The maximum Gasteiger partial charge on any atom is 0.254 e. The highest BCUT2D eigenvalue weighted by Gasteiger charge is 2.32. The summed E-state index contributed by atoms with van der Waals surface area (Å²) in [6, 6.07) is 8.36. The van der Waals surface area contributed by atoms with Crippen molar-refractivity contribution in [1.82, 2.24) is 39.4 Å². The Bertz CT molecular complexity index is 1570. The zero-order valence-electron chi connectivity index (χ0n) is 25.2. The van der Waals surface area contributed by atoms with Crippen LogP contribution in [-0.4, -0.2) is 82.0 Å². The number of hydrogen-bond donors (Lipinski definition) is 2. The second-order valence-electron chi connectivity index (χ2n) is 11.8. The highest BCUT2D eigenvalue weighted by atomic mass is 16.5. The van der Waals surface area contributed by atoms with Crippen molar-refractivity contribution in [2.45, 2.75) is 83.4 Å². The van der Waals surface area contributed by atoms with Crippen molar-refractivity contribution in [2.24, 2.45) is 0 Å². The van der Waals surface area contributed by atoms with Crippen molar-refractivity contribution in [3.05, 3.63) is 55.0 Å². The van der Waals surface area contributed by atoms with Crippen LogP contribution in [0.1, 0.15) is 58.1 Å². The summed E-state index contributed by atoms with van der Waals surface area (Å²) < 4.78 is 15.5. The molecule has 0 amide bonds. The summed E-state index contributed by atoms with van der Waals surface area (Å²) in [7, 11) is 0. The van der Waals surface area contributed by atoms with E-state index in [0.29, 0.717) is 35.5 Å². The highest BCUT2D eigenvalue weighted by molar-refractivity contribution is 5.67. The summed E-state index contributed by atoms with van der Waals surface area (Å²) in [5.41, 5.74) is 2.47. The average molecular weight is 599 g/mol. The molecule has 0 bridgehead atoms. The number of ether oxygens (including phenoxy) is 2. The van der Waals surface area contributed by atoms with Gasteiger partial charge in [-0.1, -0.05) is 6.07 Å². The normalized spacial score (nSPS) is 23.1. The van der Waals surface area contributed by atoms with Gasteiger partial charge < -0.3 is 19.9 Å². The van der Waals surface area contributed by atoms with E-state index in [1.54, 1.807) is 29.5 Å². The minimum atomic E-state index is -0.233. The van der Waals surface area contributed by atoms with Gasteiger partial charge in [0.15, 0.2) is 0 Å². The van der Waals surface area contributed by atoms with Gasteiger partial charge in [0.1, 0.15) is 36.3 Å². The molecule has 2 aliphatic rings. The highest BCUT2D eigenvalue weighted by Crippen LogP contribution is 2.35. The topological polar surface area (TPSA) is 152 Å². The predicted molar refractivity (Wildman–Crippen MR) is 162 cm³/mol. The number of benzene rings is 1. The molecule has 44 heavy (non-hydrogen) atoms. The fourth-order valence-electron chi connectivity index (χ4n) is 6.26. The summed E-state index contributed by atoms with van der Waals surface area (Å²) in [4.78, 5) is 15.5. The van der Waals surface area contributed by atoms with Crippen LogP contribution in [0.4, 0.5) is 11.6 Å². The van der Waals surface area contributed by atoms with Gasteiger partial charge in [0.2, 0.25) is 5.95 Å². The summed E-state index contributed by atoms with van der Waals surface area (Å²) in [5.74, 6) is 0.735. The fraction of sp³-hybridized carbons (Fsp3) is 0.484. The lowest BCUT2D eigenvalue weighted by atomic mass is 9.89. The largest absolute Gasteiger partial charge is 0.491 e. The van der Waals surface area contributed by atoms with Crippen molar-refractivity contribution < 1.29 is 14.6 Å². The molecule has 3 atom stereocenters. The quantitative estimate of drug-likeness (QED) is 0.283. The van der Waals surface area contributed by atoms with Gasteiger partial charge in [-0.3, -0.25) is 9.58 Å². The van der Waals surface area contributed by atoms with Crippen LogP contribution < -0.4 is 10.1 Å². The lowest BCUT2D eigenvalue weighted by Crippen LogP contribution is -2.51. The van der Waals surface area contributed by atoms with E-state index in [-0.39, 0.29) is 30.2 Å². The van der Waals surface area contributed by atoms with Crippen molar-refractivity contribution in [3.8, 4) is 28.8 Å². The molecular formula is C31H38N10O3. The maximum absolute atomic E-state index is 10.6. The number of morpholine rings is 1. The summed E-state index contributed by atoms with van der Waals surface area (Å²) >= 11 is 0. The predicted octanol–water partition coefficient (Wildman–Crippen LogP) is 4.31. The number of aromatic hydroxyl groups is 1. The minimum Gasteiger partial charge on any atom is -0.491 e. The van der Waals surface area contributed by atoms with Crippen molar-refractivity contribution in [1.29, 1.82) is 5.26 Å². The first kappa shape index (κ1) is 29.5. The maximum atomic E-state index is 10.6. The average Bonchev–Trinajstić information content (AvgIpc) is 3.66. The molecule has 4 aromatic rings. The number of rotatable bonds is 9. The van der Waals surface area contributed by atoms with Crippen LogP contribution in [0.3, 0.4) is 0 Å². The second kappa shape index (κ2) is 13.0. The Balaban J connectivity index is 1.07. The molecule has 1 aromatic carbocycles. The first-order valence-corrected chi connectivity index (χ1v) is 15.1. The Hall–Kier alpha value is -4.54. The molecule has 6 rings (SSSR count). The van der Waals surface area contributed by atoms with E-state index in [1.165, 1.54) is 6.33 Å². The van der Waals surface area contributed by atoms with Gasteiger partial charge in [0.05, 0.1) is 36.6 Å². The van der Waals surface area contributed by atoms with Gasteiger partial charge in [0, 0.05) is 37.1 Å². The zero-order valence-corrected chi connectivity index (χ0v) is 25.2. The monoisotopic (exact) mass is 598 g/mol. The Labute approximate surface area is 256 Å². The molecule has 2 fully saturated rings. The molecule has 1 unspecified atom stereocenters. The molecule has 3 aromatic heterocycles. The molecule has 230 valence electrons. The smallest absolute Gasteiger partial charge is 0.254 e. The molecule has 0 spiro atoms. The second-order valence-corrected chi connectivity index (χ2v) is 11.8. The fourth-order valence-corrected chi connectivity index (χ4v) is 6.26. The molecular weight excluding hydrogens is 560 g/mol. The number of anilines is 2. The number of aromatic nitrogens is 7. The van der Waals surface area contributed by atoms with E-state index in [2.05, 4.69) is 55.3 Å². The molecule has 1 saturated heterocycles. The standard InChI is InChI=1S/C31H38N10O3/c1-20-14-39(15-21(2)43-20)26-6-8-27(9-7-26)41-17-28(30(42)38-41)37-31-34-12-25(13-35-31)23-4-5-24(11-32)29(10-23)44-22(3)16-40-19-33-18-36-40/h4-5,10,12-13,17-22,26-27H,6-9,14-16H2,1-3H3,(H,38,42)(H,34,35,37)/t20-,21+,22?,26?,27?. The van der Waals surface area contributed by atoms with Crippen LogP contribution in [-0.2, 0) is 11.3 Å². The first-order valence-electron chi connectivity index (χ1n) is 15.1. The summed E-state index contributed by atoms with van der Waals surface area (Å²) in [6.07, 6.45) is 12.8. The summed E-state index contributed by atoms with van der Waals surface area (Å²) in [5, 5.41) is 31.8. The van der Waals surface area contributed by atoms with Gasteiger partial charge in [-0.2, -0.15) is 10.4 Å². The molecule has 13 heteroatoms. The Kier molecular flexibility index (Phi) is 8.72. The zero-order chi connectivity index (χ0) is 30.6. The Morgan fingerprint density at radius 1 is 1.09 bits per heavy atom. The van der Waals surface area contributed by atoms with Crippen LogP contribution in [0.15, 0.2) is 49.4 Å². The molecule has 1 aliphatic heterocycles. The van der Waals surface area contributed by atoms with Crippen LogP contribution in [0, 0.1) is 11.3 Å². The number of nitriles is 1. The molecule has 1 saturated carbocycles. The van der Waals surface area contributed by atoms with E-state index >= 15 is 0 Å². The van der Waals surface area contributed by atoms with Gasteiger partial charge in [-0.25, -0.2) is 19.6 Å². The third-order valence-electron chi connectivity index (χ3n) is 8.29. The molecule has 0 radical (unpaired) electrons. The van der Waals surface area contributed by atoms with E-state index in [0.717, 1.165) is 49.9 Å². The first-order chi connectivity index (χ1) is 21.3. The molecule has 4 heterocycles. The van der Waals surface area contributed by atoms with E-state index < -0.39 is 0 Å². The Morgan fingerprint density at radius 2 is 1.82 bits per heavy atom. The third-order valence-corrected chi connectivity index (χ3v) is 8.29. The van der Waals surface area contributed by atoms with Gasteiger partial charge in [-0.05, 0) is 64.2 Å². The van der Waals surface area contributed by atoms with Gasteiger partial charge in [0.25, 0.3) is 5.88 Å². The van der Waals surface area contributed by atoms with Crippen LogP contribution in [0.5, 0.6) is 11.6 Å². The van der Waals surface area contributed by atoms with Crippen LogP contribution in [0.2, 0.25) is 0 Å². The lowest BCUT2D eigenvalue weighted by molar-refractivity contribution is -0.0852. The van der Waals surface area contributed by atoms with E-state index in [4.69, 9.17) is 9.47 Å². The van der Waals surface area contributed by atoms with E-state index in [9.17, 15) is 10.4 Å². The molecule has 13 nitrogen and oxygen atoms in total. The SMILES string of the molecule is CC(Cn1cncn1)Oc1cc(-c2cnc(Nc3cn(C4CCC(N5C[C@@H](C)O[C@@H](C)C5)CC4)nc3O)nc2)ccc1C#N. The van der Waals surface area contributed by atoms with Crippen LogP contribution >= 0.6 is 0 Å². The Morgan fingerprint density at radius 3 is 2.50 bits per heavy atom. The molecule has 2 N–H and O–H groups in total.